The summed E-state index contributed by atoms with van der Waals surface area (Å²) in [5.41, 5.74) is 4.11. The number of likely N-dealkylation sites (N-methyl/N-ethyl adjacent to an activating group) is 1. The van der Waals surface area contributed by atoms with E-state index >= 15 is 0 Å². The fourth-order valence-electron chi connectivity index (χ4n) is 7.79. The van der Waals surface area contributed by atoms with Gasteiger partial charge in [0.1, 0.15) is 59.7 Å². The quantitative estimate of drug-likeness (QED) is 0.255. The minimum Gasteiger partial charge on any atom is -0.487 e. The Labute approximate surface area is 315 Å². The van der Waals surface area contributed by atoms with Gasteiger partial charge in [0, 0.05) is 45.0 Å². The minimum absolute atomic E-state index is 0.0812. The van der Waals surface area contributed by atoms with Crippen LogP contribution in [0.25, 0.3) is 39.1 Å². The van der Waals surface area contributed by atoms with Crippen LogP contribution in [0, 0.1) is 12.7 Å². The molecule has 15 nitrogen and oxygen atoms in total. The van der Waals surface area contributed by atoms with Gasteiger partial charge in [0.25, 0.3) is 0 Å². The molecule has 6 aromatic rings. The van der Waals surface area contributed by atoms with Crippen LogP contribution in [0.5, 0.6) is 5.75 Å². The Kier molecular flexibility index (Phi) is 9.06. The standard InChI is InChI=1S/C39H40FN11O4/c1-4-54-26-20-48(3)39(52)31-17-25(44-33-9-7-8-28(45-33)35-36-29(12-13-41-35)43-23(2)49(36)21-26)19-50(31)37-27-18-42-51-30-11-10-24(40)16-32(30)55-15-6-5-14-53-22-34(46-37)47-38(27)51/h5-13,16,18,25-26,31H,4,14-15,17,19-22H2,1-3H3,(H,44,45)/b6-5+/t25-,26-,31-/m0/s1. The number of hydrogen-bond donors (Lipinski definition) is 1. The Morgan fingerprint density at radius 2 is 1.93 bits per heavy atom. The maximum absolute atomic E-state index is 14.7. The van der Waals surface area contributed by atoms with E-state index in [0.29, 0.717) is 84.9 Å². The van der Waals surface area contributed by atoms with E-state index in [-0.39, 0.29) is 31.3 Å². The molecule has 16 heteroatoms. The molecule has 1 saturated heterocycles. The molecule has 0 unspecified atom stereocenters. The van der Waals surface area contributed by atoms with E-state index in [9.17, 15) is 9.18 Å². The van der Waals surface area contributed by atoms with Gasteiger partial charge in [-0.25, -0.2) is 29.0 Å². The number of fused-ring (bicyclic) bond motifs is 8. The average Bonchev–Trinajstić information content (AvgIpc) is 3.88. The van der Waals surface area contributed by atoms with Crippen LogP contribution in [0.2, 0.25) is 0 Å². The van der Waals surface area contributed by atoms with E-state index in [0.717, 1.165) is 22.6 Å². The van der Waals surface area contributed by atoms with Crippen molar-refractivity contribution in [3.05, 3.63) is 84.5 Å². The first kappa shape index (κ1) is 34.7. The number of carbonyl (C=O) groups is 1. The molecule has 6 bridgehead atoms. The van der Waals surface area contributed by atoms with Crippen LogP contribution in [0.4, 0.5) is 16.0 Å². The number of pyridine rings is 2. The van der Waals surface area contributed by atoms with E-state index in [4.69, 9.17) is 44.2 Å². The third-order valence-electron chi connectivity index (χ3n) is 10.2. The van der Waals surface area contributed by atoms with Crippen LogP contribution in [0.3, 0.4) is 0 Å². The number of carbonyl (C=O) groups excluding carboxylic acids is 1. The Balaban J connectivity index is 1.16. The molecule has 1 aromatic carbocycles. The molecule has 3 aliphatic heterocycles. The lowest BCUT2D eigenvalue weighted by molar-refractivity contribution is -0.133. The molecule has 1 amide bonds. The van der Waals surface area contributed by atoms with Gasteiger partial charge in [-0.05, 0) is 56.7 Å². The SMILES string of the molecule is CCO[C@H]1CN(C)C(=O)[C@@H]2C[C@@H](CN2c2nc3nc4c2cnn4-c2ccc(F)cc2OC/C=C/COC3)Nc2cccc(n2)-c2nccc3nc(C)n(c23)C1. The summed E-state index contributed by atoms with van der Waals surface area (Å²) in [6.45, 7) is 6.26. The van der Waals surface area contributed by atoms with E-state index in [2.05, 4.69) is 9.88 Å². The second-order valence-electron chi connectivity index (χ2n) is 13.9. The summed E-state index contributed by atoms with van der Waals surface area (Å²) in [7, 11) is 1.82. The molecule has 1 N–H and O–H groups in total. The molecule has 3 aliphatic rings. The van der Waals surface area contributed by atoms with Crippen molar-refractivity contribution in [3.8, 4) is 22.8 Å². The second kappa shape index (κ2) is 14.3. The maximum Gasteiger partial charge on any atom is 0.245 e. The highest BCUT2D eigenvalue weighted by atomic mass is 19.1. The number of rotatable bonds is 3. The molecular weight excluding hydrogens is 705 g/mol. The van der Waals surface area contributed by atoms with Gasteiger partial charge in [0.15, 0.2) is 11.5 Å². The van der Waals surface area contributed by atoms with Crippen molar-refractivity contribution < 1.29 is 23.4 Å². The van der Waals surface area contributed by atoms with E-state index in [1.54, 1.807) is 28.0 Å². The first-order valence-corrected chi connectivity index (χ1v) is 18.4. The number of imidazole rings is 1. The number of benzene rings is 1. The molecule has 282 valence electrons. The molecular formula is C39H40FN11O4. The predicted molar refractivity (Wildman–Crippen MR) is 203 cm³/mol. The van der Waals surface area contributed by atoms with Crippen molar-refractivity contribution in [2.75, 3.05) is 50.2 Å². The summed E-state index contributed by atoms with van der Waals surface area (Å²) in [6, 6.07) is 11.2. The van der Waals surface area contributed by atoms with E-state index in [1.165, 1.54) is 12.1 Å². The number of halogens is 1. The first-order valence-electron chi connectivity index (χ1n) is 18.4. The molecule has 8 heterocycles. The Bertz CT molecular complexity index is 2450. The smallest absolute Gasteiger partial charge is 0.245 e. The summed E-state index contributed by atoms with van der Waals surface area (Å²) in [5, 5.41) is 8.96. The van der Waals surface area contributed by atoms with E-state index < -0.39 is 11.9 Å². The molecule has 5 aromatic heterocycles. The molecule has 9 rings (SSSR count). The Morgan fingerprint density at radius 1 is 1.04 bits per heavy atom. The number of nitrogens with one attached hydrogen (secondary N) is 1. The van der Waals surface area contributed by atoms with Crippen LogP contribution in [-0.2, 0) is 27.4 Å². The number of ether oxygens (including phenoxy) is 3. The average molecular weight is 746 g/mol. The summed E-state index contributed by atoms with van der Waals surface area (Å²) in [6.07, 6.45) is 7.21. The molecule has 0 saturated carbocycles. The lowest BCUT2D eigenvalue weighted by Gasteiger charge is -2.31. The fraction of sp³-hybridized carbons (Fsp3) is 0.359. The highest BCUT2D eigenvalue weighted by molar-refractivity contribution is 5.93. The largest absolute Gasteiger partial charge is 0.487 e. The van der Waals surface area contributed by atoms with Crippen molar-refractivity contribution in [1.82, 2.24) is 44.2 Å². The van der Waals surface area contributed by atoms with Crippen LogP contribution >= 0.6 is 0 Å². The van der Waals surface area contributed by atoms with Crippen LogP contribution in [-0.4, -0.2) is 108 Å². The number of anilines is 2. The van der Waals surface area contributed by atoms with Gasteiger partial charge in [0.2, 0.25) is 5.91 Å². The molecule has 0 aliphatic carbocycles. The minimum atomic E-state index is -0.608. The van der Waals surface area contributed by atoms with E-state index in [1.807, 2.05) is 62.2 Å². The highest BCUT2D eigenvalue weighted by Gasteiger charge is 2.41. The van der Waals surface area contributed by atoms with Gasteiger partial charge in [-0.15, -0.1) is 0 Å². The zero-order valence-electron chi connectivity index (χ0n) is 30.7. The van der Waals surface area contributed by atoms with Crippen molar-refractivity contribution in [2.24, 2.45) is 0 Å². The van der Waals surface area contributed by atoms with Crippen molar-refractivity contribution in [3.63, 3.8) is 0 Å². The molecule has 1 fully saturated rings. The number of hydrogen-bond acceptors (Lipinski definition) is 12. The molecule has 0 spiro atoms. The third kappa shape index (κ3) is 6.50. The topological polar surface area (TPSA) is 150 Å². The number of aryl methyl sites for hydroxylation is 1. The predicted octanol–water partition coefficient (Wildman–Crippen LogP) is 4.47. The van der Waals surface area contributed by atoms with Gasteiger partial charge >= 0.3 is 0 Å². The van der Waals surface area contributed by atoms with Crippen LogP contribution in [0.15, 0.2) is 67.0 Å². The zero-order chi connectivity index (χ0) is 37.6. The van der Waals surface area contributed by atoms with Crippen molar-refractivity contribution >= 4 is 39.6 Å². The van der Waals surface area contributed by atoms with Gasteiger partial charge in [-0.2, -0.15) is 5.10 Å². The molecule has 55 heavy (non-hydrogen) atoms. The van der Waals surface area contributed by atoms with Crippen LogP contribution in [0.1, 0.15) is 25.0 Å². The summed E-state index contributed by atoms with van der Waals surface area (Å²) < 4.78 is 36.4. The van der Waals surface area contributed by atoms with Gasteiger partial charge in [0.05, 0.1) is 47.6 Å². The fourth-order valence-corrected chi connectivity index (χ4v) is 7.79. The zero-order valence-corrected chi connectivity index (χ0v) is 30.7. The Morgan fingerprint density at radius 3 is 2.82 bits per heavy atom. The summed E-state index contributed by atoms with van der Waals surface area (Å²) in [4.78, 5) is 43.1. The number of aromatic nitrogens is 8. The normalized spacial score (nSPS) is 20.9. The summed E-state index contributed by atoms with van der Waals surface area (Å²) in [5.74, 6) is 2.23. The van der Waals surface area contributed by atoms with Crippen LogP contribution < -0.4 is 15.0 Å². The second-order valence-corrected chi connectivity index (χ2v) is 13.9. The van der Waals surface area contributed by atoms with Crippen molar-refractivity contribution in [1.29, 1.82) is 0 Å². The monoisotopic (exact) mass is 745 g/mol. The number of amides is 1. The van der Waals surface area contributed by atoms with Gasteiger partial charge in [-0.1, -0.05) is 12.1 Å². The van der Waals surface area contributed by atoms with Gasteiger partial charge < -0.3 is 33.9 Å². The molecule has 3 atom stereocenters. The molecule has 0 radical (unpaired) electrons. The lowest BCUT2D eigenvalue weighted by atomic mass is 10.1. The van der Waals surface area contributed by atoms with Gasteiger partial charge in [-0.3, -0.25) is 9.78 Å². The first-order chi connectivity index (χ1) is 26.8. The third-order valence-corrected chi connectivity index (χ3v) is 10.2. The number of nitrogens with zero attached hydrogens (tertiary/aromatic N) is 10. The van der Waals surface area contributed by atoms with Crippen molar-refractivity contribution in [2.45, 2.75) is 51.6 Å². The highest BCUT2D eigenvalue weighted by Crippen LogP contribution is 2.36. The summed E-state index contributed by atoms with van der Waals surface area (Å²) >= 11 is 0. The lowest BCUT2D eigenvalue weighted by Crippen LogP contribution is -2.47. The maximum atomic E-state index is 14.7. The Hall–Kier alpha value is -6.00.